The third kappa shape index (κ3) is 3.73. The van der Waals surface area contributed by atoms with Gasteiger partial charge in [-0.3, -0.25) is 9.78 Å². The number of hydrogen-bond donors (Lipinski definition) is 1. The van der Waals surface area contributed by atoms with Crippen molar-refractivity contribution in [3.8, 4) is 11.3 Å². The van der Waals surface area contributed by atoms with Gasteiger partial charge in [0.25, 0.3) is 5.91 Å². The molecule has 6 heteroatoms. The van der Waals surface area contributed by atoms with Gasteiger partial charge in [-0.2, -0.15) is 0 Å². The highest BCUT2D eigenvalue weighted by molar-refractivity contribution is 6.32. The molecule has 144 valence electrons. The van der Waals surface area contributed by atoms with Crippen LogP contribution in [0.2, 0.25) is 5.02 Å². The largest absolute Gasteiger partial charge is 0.349 e. The molecule has 0 radical (unpaired) electrons. The molecule has 1 saturated heterocycles. The number of nitrogens with zero attached hydrogens (tertiary/aromatic N) is 3. The molecule has 1 amide bonds. The van der Waals surface area contributed by atoms with Gasteiger partial charge in [-0.05, 0) is 69.7 Å². The molecule has 5 nitrogen and oxygen atoms in total. The molecule has 1 fully saturated rings. The number of fused-ring (bicyclic) bond motifs is 1. The van der Waals surface area contributed by atoms with Crippen LogP contribution in [-0.2, 0) is 0 Å². The Morgan fingerprint density at radius 1 is 1.25 bits per heavy atom. The Morgan fingerprint density at radius 2 is 2.04 bits per heavy atom. The molecule has 0 saturated carbocycles. The Labute approximate surface area is 169 Å². The fourth-order valence-corrected chi connectivity index (χ4v) is 3.82. The molecule has 0 spiro atoms. The topological polar surface area (TPSA) is 58.1 Å². The molecule has 1 aliphatic heterocycles. The quantitative estimate of drug-likeness (QED) is 0.727. The normalized spacial score (nSPS) is 15.7. The second-order valence-electron chi connectivity index (χ2n) is 7.42. The number of aryl methyl sites for hydroxylation is 1. The third-order valence-electron chi connectivity index (χ3n) is 5.42. The Balaban J connectivity index is 1.77. The van der Waals surface area contributed by atoms with E-state index >= 15 is 0 Å². The highest BCUT2D eigenvalue weighted by Gasteiger charge is 2.22. The molecule has 0 unspecified atom stereocenters. The van der Waals surface area contributed by atoms with Crippen molar-refractivity contribution in [3.05, 3.63) is 58.9 Å². The van der Waals surface area contributed by atoms with Crippen molar-refractivity contribution in [1.82, 2.24) is 20.2 Å². The van der Waals surface area contributed by atoms with Crippen LogP contribution >= 0.6 is 11.6 Å². The van der Waals surface area contributed by atoms with E-state index in [1.807, 2.05) is 37.3 Å². The maximum atomic E-state index is 13.2. The van der Waals surface area contributed by atoms with Gasteiger partial charge < -0.3 is 10.2 Å². The van der Waals surface area contributed by atoms with Crippen molar-refractivity contribution < 1.29 is 4.79 Å². The van der Waals surface area contributed by atoms with E-state index in [4.69, 9.17) is 16.6 Å². The average Bonchev–Trinajstić information content (AvgIpc) is 2.72. The van der Waals surface area contributed by atoms with Gasteiger partial charge in [-0.15, -0.1) is 0 Å². The second-order valence-corrected chi connectivity index (χ2v) is 7.82. The average molecular weight is 395 g/mol. The number of nitrogens with one attached hydrogen (secondary N) is 1. The number of piperidine rings is 1. The van der Waals surface area contributed by atoms with Crippen molar-refractivity contribution in [3.63, 3.8) is 0 Å². The van der Waals surface area contributed by atoms with E-state index in [0.29, 0.717) is 10.6 Å². The summed E-state index contributed by atoms with van der Waals surface area (Å²) in [6.07, 6.45) is 5.41. The van der Waals surface area contributed by atoms with Crippen molar-refractivity contribution >= 4 is 28.4 Å². The molecule has 3 heterocycles. The standard InChI is InChI=1S/C22H23ClN4O/c1-14-19(23)6-5-17-18(22(28)25-16-7-10-27(2)11-8-16)12-20(26-21(14)17)15-4-3-9-24-13-15/h3-6,9,12-13,16H,7-8,10-11H2,1-2H3,(H,25,28). The number of hydrogen-bond acceptors (Lipinski definition) is 4. The van der Waals surface area contributed by atoms with Gasteiger partial charge in [0.05, 0.1) is 16.8 Å². The molecule has 2 aromatic heterocycles. The van der Waals surface area contributed by atoms with Crippen molar-refractivity contribution in [1.29, 1.82) is 0 Å². The molecule has 3 aromatic rings. The lowest BCUT2D eigenvalue weighted by atomic mass is 10.0. The van der Waals surface area contributed by atoms with Crippen LogP contribution in [0.3, 0.4) is 0 Å². The van der Waals surface area contributed by atoms with E-state index < -0.39 is 0 Å². The zero-order valence-electron chi connectivity index (χ0n) is 16.1. The van der Waals surface area contributed by atoms with Gasteiger partial charge >= 0.3 is 0 Å². The SMILES string of the molecule is Cc1c(Cl)ccc2c(C(=O)NC3CCN(C)CC3)cc(-c3cccnc3)nc12. The molecular weight excluding hydrogens is 372 g/mol. The Hall–Kier alpha value is -2.50. The van der Waals surface area contributed by atoms with Gasteiger partial charge in [0, 0.05) is 34.4 Å². The first-order chi connectivity index (χ1) is 13.5. The summed E-state index contributed by atoms with van der Waals surface area (Å²) in [7, 11) is 2.11. The van der Waals surface area contributed by atoms with E-state index in [1.165, 1.54) is 0 Å². The maximum Gasteiger partial charge on any atom is 0.252 e. The van der Waals surface area contributed by atoms with E-state index in [2.05, 4.69) is 22.2 Å². The minimum absolute atomic E-state index is 0.0613. The van der Waals surface area contributed by atoms with Crippen LogP contribution < -0.4 is 5.32 Å². The number of pyridine rings is 2. The minimum Gasteiger partial charge on any atom is -0.349 e. The monoisotopic (exact) mass is 394 g/mol. The number of carbonyl (C=O) groups excluding carboxylic acids is 1. The lowest BCUT2D eigenvalue weighted by Gasteiger charge is -2.29. The second kappa shape index (κ2) is 7.86. The summed E-state index contributed by atoms with van der Waals surface area (Å²) in [5, 5.41) is 4.68. The smallest absolute Gasteiger partial charge is 0.252 e. The summed E-state index contributed by atoms with van der Waals surface area (Å²) in [5.74, 6) is -0.0613. The lowest BCUT2D eigenvalue weighted by Crippen LogP contribution is -2.43. The number of likely N-dealkylation sites (tertiary alicyclic amines) is 1. The van der Waals surface area contributed by atoms with Crippen LogP contribution in [0, 0.1) is 6.92 Å². The van der Waals surface area contributed by atoms with Gasteiger partial charge in [-0.1, -0.05) is 17.7 Å². The molecule has 0 aliphatic carbocycles. The molecule has 1 aliphatic rings. The Morgan fingerprint density at radius 3 is 2.75 bits per heavy atom. The van der Waals surface area contributed by atoms with Gasteiger partial charge in [0.15, 0.2) is 0 Å². The van der Waals surface area contributed by atoms with Crippen LogP contribution in [0.4, 0.5) is 0 Å². The van der Waals surface area contributed by atoms with Crippen molar-refractivity contribution in [2.45, 2.75) is 25.8 Å². The van der Waals surface area contributed by atoms with Crippen LogP contribution in [0.15, 0.2) is 42.7 Å². The summed E-state index contributed by atoms with van der Waals surface area (Å²) in [6, 6.07) is 9.58. The third-order valence-corrected chi connectivity index (χ3v) is 5.83. The van der Waals surface area contributed by atoms with E-state index in [1.54, 1.807) is 12.4 Å². The zero-order valence-corrected chi connectivity index (χ0v) is 16.8. The predicted molar refractivity (Wildman–Crippen MR) is 113 cm³/mol. The van der Waals surface area contributed by atoms with Crippen LogP contribution in [0.5, 0.6) is 0 Å². The first-order valence-electron chi connectivity index (χ1n) is 9.52. The predicted octanol–water partition coefficient (Wildman–Crippen LogP) is 4.08. The maximum absolute atomic E-state index is 13.2. The van der Waals surface area contributed by atoms with E-state index in [9.17, 15) is 4.79 Å². The fourth-order valence-electron chi connectivity index (χ4n) is 3.67. The van der Waals surface area contributed by atoms with E-state index in [-0.39, 0.29) is 11.9 Å². The summed E-state index contributed by atoms with van der Waals surface area (Å²) in [5.41, 5.74) is 3.85. The summed E-state index contributed by atoms with van der Waals surface area (Å²) >= 11 is 6.33. The molecule has 28 heavy (non-hydrogen) atoms. The van der Waals surface area contributed by atoms with Gasteiger partial charge in [-0.25, -0.2) is 4.98 Å². The van der Waals surface area contributed by atoms with Crippen LogP contribution in [0.25, 0.3) is 22.2 Å². The summed E-state index contributed by atoms with van der Waals surface area (Å²) < 4.78 is 0. The molecule has 1 aromatic carbocycles. The Kier molecular flexibility index (Phi) is 5.29. The molecule has 4 rings (SSSR count). The van der Waals surface area contributed by atoms with E-state index in [0.717, 1.165) is 53.7 Å². The van der Waals surface area contributed by atoms with Crippen LogP contribution in [0.1, 0.15) is 28.8 Å². The highest BCUT2D eigenvalue weighted by Crippen LogP contribution is 2.30. The number of amides is 1. The fraction of sp³-hybridized carbons (Fsp3) is 0.318. The molecule has 1 N–H and O–H groups in total. The highest BCUT2D eigenvalue weighted by atomic mass is 35.5. The van der Waals surface area contributed by atoms with Crippen molar-refractivity contribution in [2.24, 2.45) is 0 Å². The van der Waals surface area contributed by atoms with Crippen molar-refractivity contribution in [2.75, 3.05) is 20.1 Å². The number of halogens is 1. The summed E-state index contributed by atoms with van der Waals surface area (Å²) in [6.45, 7) is 3.93. The number of carbonyl (C=O) groups is 1. The number of benzene rings is 1. The zero-order chi connectivity index (χ0) is 19.7. The first kappa shape index (κ1) is 18.8. The summed E-state index contributed by atoms with van der Waals surface area (Å²) in [4.78, 5) is 24.5. The first-order valence-corrected chi connectivity index (χ1v) is 9.90. The number of rotatable bonds is 3. The van der Waals surface area contributed by atoms with Gasteiger partial charge in [0.2, 0.25) is 0 Å². The minimum atomic E-state index is -0.0613. The molecule has 0 bridgehead atoms. The van der Waals surface area contributed by atoms with Gasteiger partial charge in [0.1, 0.15) is 0 Å². The molecule has 0 atom stereocenters. The number of aromatic nitrogens is 2. The van der Waals surface area contributed by atoms with Crippen LogP contribution in [-0.4, -0.2) is 47.0 Å². The lowest BCUT2D eigenvalue weighted by molar-refractivity contribution is 0.0918. The molecular formula is C22H23ClN4O. The Bertz CT molecular complexity index is 1010.